The molecule has 0 aliphatic carbocycles. The van der Waals surface area contributed by atoms with Crippen molar-refractivity contribution in [1.82, 2.24) is 19.6 Å². The summed E-state index contributed by atoms with van der Waals surface area (Å²) in [5.74, 6) is 0.385. The summed E-state index contributed by atoms with van der Waals surface area (Å²) in [5, 5.41) is 14.5. The van der Waals surface area contributed by atoms with Crippen LogP contribution in [-0.4, -0.2) is 74.9 Å². The second kappa shape index (κ2) is 9.71. The lowest BCUT2D eigenvalue weighted by molar-refractivity contribution is -0.385. The Morgan fingerprint density at radius 3 is 2.44 bits per heavy atom. The Balaban J connectivity index is 0.00000364. The number of halogens is 1. The van der Waals surface area contributed by atoms with Crippen LogP contribution in [-0.2, 0) is 11.3 Å². The Bertz CT molecular complexity index is 678. The van der Waals surface area contributed by atoms with Gasteiger partial charge in [0.25, 0.3) is 0 Å². The molecule has 0 saturated carbocycles. The van der Waals surface area contributed by atoms with E-state index in [1.807, 2.05) is 25.7 Å². The van der Waals surface area contributed by atoms with Crippen molar-refractivity contribution >= 4 is 41.7 Å². The maximum Gasteiger partial charge on any atom is 0.410 e. The molecule has 1 amide bonds. The van der Waals surface area contributed by atoms with Gasteiger partial charge >= 0.3 is 11.8 Å². The number of aromatic nitrogens is 2. The molecule has 1 aliphatic rings. The molecular formula is C15H26IN7O4. The number of ether oxygens (including phenoxy) is 1. The normalized spacial score (nSPS) is 15.3. The summed E-state index contributed by atoms with van der Waals surface area (Å²) in [4.78, 5) is 30.0. The first-order chi connectivity index (χ1) is 12.2. The van der Waals surface area contributed by atoms with Crippen LogP contribution >= 0.6 is 24.0 Å². The van der Waals surface area contributed by atoms with Gasteiger partial charge < -0.3 is 20.3 Å². The maximum atomic E-state index is 12.0. The van der Waals surface area contributed by atoms with E-state index in [1.165, 1.54) is 17.1 Å². The topological polar surface area (TPSA) is 132 Å². The first-order valence-electron chi connectivity index (χ1n) is 8.35. The van der Waals surface area contributed by atoms with Crippen molar-refractivity contribution in [3.63, 3.8) is 0 Å². The number of aliphatic imine (C=N–C) groups is 1. The van der Waals surface area contributed by atoms with Gasteiger partial charge in [-0.2, -0.15) is 5.10 Å². The van der Waals surface area contributed by atoms with Crippen LogP contribution in [0.2, 0.25) is 0 Å². The van der Waals surface area contributed by atoms with Crippen molar-refractivity contribution in [3.05, 3.63) is 22.5 Å². The summed E-state index contributed by atoms with van der Waals surface area (Å²) in [6.07, 6.45) is 2.22. The average Bonchev–Trinajstić information content (AvgIpc) is 3.02. The number of guanidine groups is 1. The minimum atomic E-state index is -0.518. The van der Waals surface area contributed by atoms with Crippen LogP contribution in [0.4, 0.5) is 10.5 Å². The van der Waals surface area contributed by atoms with Crippen LogP contribution in [0.25, 0.3) is 0 Å². The summed E-state index contributed by atoms with van der Waals surface area (Å²) in [5.41, 5.74) is 5.42. The molecule has 0 aromatic carbocycles. The fraction of sp³-hybridized carbons (Fsp3) is 0.667. The number of hydrogen-bond acceptors (Lipinski definition) is 6. The average molecular weight is 495 g/mol. The van der Waals surface area contributed by atoms with Gasteiger partial charge in [0, 0.05) is 26.2 Å². The largest absolute Gasteiger partial charge is 0.444 e. The number of piperazine rings is 1. The number of nitrogens with two attached hydrogens (primary N) is 1. The zero-order valence-electron chi connectivity index (χ0n) is 15.7. The molecule has 152 valence electrons. The minimum absolute atomic E-state index is 0. The predicted molar refractivity (Wildman–Crippen MR) is 110 cm³/mol. The minimum Gasteiger partial charge on any atom is -0.444 e. The highest BCUT2D eigenvalue weighted by molar-refractivity contribution is 14.0. The van der Waals surface area contributed by atoms with Gasteiger partial charge in [0.05, 0.1) is 18.0 Å². The summed E-state index contributed by atoms with van der Waals surface area (Å²) in [6, 6.07) is 0. The van der Waals surface area contributed by atoms with Crippen molar-refractivity contribution < 1.29 is 14.5 Å². The molecule has 2 heterocycles. The van der Waals surface area contributed by atoms with Gasteiger partial charge in [0.1, 0.15) is 18.0 Å². The van der Waals surface area contributed by atoms with E-state index in [-0.39, 0.29) is 35.8 Å². The zero-order chi connectivity index (χ0) is 19.3. The lowest BCUT2D eigenvalue weighted by atomic mass is 10.2. The van der Waals surface area contributed by atoms with Crippen molar-refractivity contribution in [2.45, 2.75) is 32.9 Å². The van der Waals surface area contributed by atoms with Crippen LogP contribution in [0.5, 0.6) is 0 Å². The molecule has 0 bridgehead atoms. The second-order valence-corrected chi connectivity index (χ2v) is 6.91. The molecule has 1 aliphatic heterocycles. The predicted octanol–water partition coefficient (Wildman–Crippen LogP) is 1.28. The molecule has 2 N–H and O–H groups in total. The lowest BCUT2D eigenvalue weighted by Crippen LogP contribution is -2.53. The highest BCUT2D eigenvalue weighted by Gasteiger charge is 2.26. The summed E-state index contributed by atoms with van der Waals surface area (Å²) < 4.78 is 6.81. The molecule has 1 saturated heterocycles. The van der Waals surface area contributed by atoms with Crippen LogP contribution in [0.1, 0.15) is 20.8 Å². The Morgan fingerprint density at radius 1 is 1.33 bits per heavy atom. The zero-order valence-corrected chi connectivity index (χ0v) is 18.0. The summed E-state index contributed by atoms with van der Waals surface area (Å²) >= 11 is 0. The van der Waals surface area contributed by atoms with E-state index >= 15 is 0 Å². The van der Waals surface area contributed by atoms with Crippen LogP contribution < -0.4 is 5.73 Å². The first kappa shape index (κ1) is 22.9. The summed E-state index contributed by atoms with van der Waals surface area (Å²) in [7, 11) is 0. The highest BCUT2D eigenvalue weighted by atomic mass is 127. The SMILES string of the molecule is CC(C)(C)OC(=O)N1CCN(C(N)=NCCn2cc([N+](=O)[O-])cn2)CC1.I. The van der Waals surface area contributed by atoms with Crippen LogP contribution in [0, 0.1) is 10.1 Å². The lowest BCUT2D eigenvalue weighted by Gasteiger charge is -2.36. The molecule has 1 fully saturated rings. The maximum absolute atomic E-state index is 12.0. The van der Waals surface area contributed by atoms with Gasteiger partial charge in [-0.1, -0.05) is 0 Å². The second-order valence-electron chi connectivity index (χ2n) is 6.91. The number of hydrogen-bond donors (Lipinski definition) is 1. The van der Waals surface area contributed by atoms with Gasteiger partial charge in [0.2, 0.25) is 0 Å². The molecule has 11 nitrogen and oxygen atoms in total. The fourth-order valence-corrected chi connectivity index (χ4v) is 2.38. The van der Waals surface area contributed by atoms with E-state index in [0.717, 1.165) is 0 Å². The monoisotopic (exact) mass is 495 g/mol. The molecule has 1 aromatic rings. The van der Waals surface area contributed by atoms with Crippen molar-refractivity contribution in [1.29, 1.82) is 0 Å². The van der Waals surface area contributed by atoms with Crippen molar-refractivity contribution in [2.24, 2.45) is 10.7 Å². The quantitative estimate of drug-likeness (QED) is 0.219. The molecule has 0 atom stereocenters. The fourth-order valence-electron chi connectivity index (χ4n) is 2.38. The van der Waals surface area contributed by atoms with E-state index in [4.69, 9.17) is 10.5 Å². The summed E-state index contributed by atoms with van der Waals surface area (Å²) in [6.45, 7) is 8.42. The molecular weight excluding hydrogens is 469 g/mol. The number of carbonyl (C=O) groups is 1. The van der Waals surface area contributed by atoms with Gasteiger partial charge in [-0.25, -0.2) is 4.79 Å². The smallest absolute Gasteiger partial charge is 0.410 e. The number of carbonyl (C=O) groups excluding carboxylic acids is 1. The molecule has 0 spiro atoms. The van der Waals surface area contributed by atoms with Gasteiger partial charge in [0.15, 0.2) is 5.96 Å². The van der Waals surface area contributed by atoms with Crippen LogP contribution in [0.3, 0.4) is 0 Å². The van der Waals surface area contributed by atoms with Gasteiger partial charge in [-0.05, 0) is 20.8 Å². The Labute approximate surface area is 174 Å². The van der Waals surface area contributed by atoms with Crippen molar-refractivity contribution in [3.8, 4) is 0 Å². The molecule has 27 heavy (non-hydrogen) atoms. The Kier molecular flexibility index (Phi) is 8.24. The van der Waals surface area contributed by atoms with E-state index in [1.54, 1.807) is 4.90 Å². The molecule has 2 rings (SSSR count). The van der Waals surface area contributed by atoms with E-state index < -0.39 is 10.5 Å². The van der Waals surface area contributed by atoms with Gasteiger partial charge in [-0.3, -0.25) is 19.8 Å². The van der Waals surface area contributed by atoms with Crippen molar-refractivity contribution in [2.75, 3.05) is 32.7 Å². The Hall–Kier alpha value is -2.12. The third-order valence-corrected chi connectivity index (χ3v) is 3.69. The van der Waals surface area contributed by atoms with E-state index in [9.17, 15) is 14.9 Å². The highest BCUT2D eigenvalue weighted by Crippen LogP contribution is 2.12. The first-order valence-corrected chi connectivity index (χ1v) is 8.35. The van der Waals surface area contributed by atoms with E-state index in [0.29, 0.717) is 45.2 Å². The number of amides is 1. The molecule has 0 unspecified atom stereocenters. The number of rotatable bonds is 4. The third-order valence-electron chi connectivity index (χ3n) is 3.69. The standard InChI is InChI=1S/C15H25N7O4.HI/c1-15(2,3)26-14(23)20-8-6-19(7-9-20)13(16)17-4-5-21-11-12(10-18-21)22(24)25;/h10-11H,4-9H2,1-3H3,(H2,16,17);1H. The number of nitrogens with zero attached hydrogens (tertiary/aromatic N) is 6. The van der Waals surface area contributed by atoms with Gasteiger partial charge in [-0.15, -0.1) is 24.0 Å². The molecule has 1 aromatic heterocycles. The Morgan fingerprint density at radius 2 is 1.93 bits per heavy atom. The number of nitro groups is 1. The molecule has 0 radical (unpaired) electrons. The van der Waals surface area contributed by atoms with E-state index in [2.05, 4.69) is 10.1 Å². The molecule has 12 heteroatoms. The third kappa shape index (κ3) is 7.19. The van der Waals surface area contributed by atoms with Crippen LogP contribution in [0.15, 0.2) is 17.4 Å².